The molecule has 25 heavy (non-hydrogen) atoms. The number of fused-ring (bicyclic) bond motifs is 2. The number of benzene rings is 1. The van der Waals surface area contributed by atoms with Crippen LogP contribution < -0.4 is 5.32 Å². The number of amides is 1. The lowest BCUT2D eigenvalue weighted by Gasteiger charge is -2.12. The third-order valence-corrected chi connectivity index (χ3v) is 4.72. The van der Waals surface area contributed by atoms with Crippen LogP contribution in [0.5, 0.6) is 0 Å². The number of imidazole rings is 1. The Labute approximate surface area is 145 Å². The van der Waals surface area contributed by atoms with E-state index in [-0.39, 0.29) is 11.7 Å². The lowest BCUT2D eigenvalue weighted by Crippen LogP contribution is -2.25. The lowest BCUT2D eigenvalue weighted by molar-refractivity contribution is 0.0926. The molecule has 1 aliphatic rings. The molecule has 0 radical (unpaired) electrons. The van der Waals surface area contributed by atoms with Gasteiger partial charge in [0.1, 0.15) is 5.82 Å². The molecular formula is C19H20N4O2. The number of aryl methyl sites for hydroxylation is 3. The number of carbonyl (C=O) groups is 2. The number of hydrogen-bond donors (Lipinski definition) is 3. The van der Waals surface area contributed by atoms with Crippen molar-refractivity contribution in [2.24, 2.45) is 0 Å². The number of aromatic nitrogens is 3. The van der Waals surface area contributed by atoms with Crippen molar-refractivity contribution in [3.8, 4) is 0 Å². The Bertz CT molecular complexity index is 996. The Balaban J connectivity index is 1.56. The summed E-state index contributed by atoms with van der Waals surface area (Å²) in [4.78, 5) is 35.7. The van der Waals surface area contributed by atoms with Crippen molar-refractivity contribution in [1.29, 1.82) is 0 Å². The maximum atomic E-state index is 12.7. The van der Waals surface area contributed by atoms with Crippen LogP contribution in [0.1, 0.15) is 56.3 Å². The van der Waals surface area contributed by atoms with E-state index in [1.165, 1.54) is 0 Å². The summed E-state index contributed by atoms with van der Waals surface area (Å²) in [5.41, 5.74) is 5.59. The largest absolute Gasteiger partial charge is 0.361 e. The third kappa shape index (κ3) is 2.73. The van der Waals surface area contributed by atoms with Crippen molar-refractivity contribution in [3.63, 3.8) is 0 Å². The zero-order valence-corrected chi connectivity index (χ0v) is 14.3. The second kappa shape index (κ2) is 5.88. The Hall–Kier alpha value is -2.89. The number of carbonyl (C=O) groups excluding carboxylic acids is 2. The Morgan fingerprint density at radius 2 is 2.08 bits per heavy atom. The summed E-state index contributed by atoms with van der Waals surface area (Å²) in [6, 6.07) is 5.88. The third-order valence-electron chi connectivity index (χ3n) is 4.72. The van der Waals surface area contributed by atoms with Crippen molar-refractivity contribution in [1.82, 2.24) is 20.3 Å². The average Bonchev–Trinajstić information content (AvgIpc) is 3.11. The van der Waals surface area contributed by atoms with E-state index in [9.17, 15) is 9.59 Å². The van der Waals surface area contributed by atoms with E-state index in [0.717, 1.165) is 46.7 Å². The summed E-state index contributed by atoms with van der Waals surface area (Å²) in [5, 5.41) is 2.94. The molecule has 1 aliphatic carbocycles. The number of nitrogens with one attached hydrogen (secondary N) is 3. The SMILES string of the molecule is Cc1nc2ccc(CNC(=O)c3c(C)[nH]c4c3C(=O)CCC4)cc2[nH]1. The second-order valence-corrected chi connectivity index (χ2v) is 6.61. The van der Waals surface area contributed by atoms with E-state index >= 15 is 0 Å². The van der Waals surface area contributed by atoms with Crippen LogP contribution in [0.25, 0.3) is 11.0 Å². The highest BCUT2D eigenvalue weighted by molar-refractivity contribution is 6.10. The predicted octanol–water partition coefficient (Wildman–Crippen LogP) is 2.96. The van der Waals surface area contributed by atoms with E-state index < -0.39 is 0 Å². The van der Waals surface area contributed by atoms with Gasteiger partial charge in [-0.05, 0) is 44.4 Å². The molecule has 0 bridgehead atoms. The van der Waals surface area contributed by atoms with Crippen LogP contribution in [0.15, 0.2) is 18.2 Å². The summed E-state index contributed by atoms with van der Waals surface area (Å²) in [6.45, 7) is 4.16. The quantitative estimate of drug-likeness (QED) is 0.687. The predicted molar refractivity (Wildman–Crippen MR) is 94.8 cm³/mol. The van der Waals surface area contributed by atoms with Crippen molar-refractivity contribution in [2.75, 3.05) is 0 Å². The number of aromatic amines is 2. The molecule has 1 amide bonds. The summed E-state index contributed by atoms with van der Waals surface area (Å²) in [6.07, 6.45) is 2.18. The van der Waals surface area contributed by atoms with Crippen LogP contribution >= 0.6 is 0 Å². The summed E-state index contributed by atoms with van der Waals surface area (Å²) in [7, 11) is 0. The summed E-state index contributed by atoms with van der Waals surface area (Å²) < 4.78 is 0. The first-order valence-corrected chi connectivity index (χ1v) is 8.51. The van der Waals surface area contributed by atoms with Crippen LogP contribution in [0.4, 0.5) is 0 Å². The maximum Gasteiger partial charge on any atom is 0.254 e. The fraction of sp³-hybridized carbons (Fsp3) is 0.316. The standard InChI is InChI=1S/C19H20N4O2/c1-10-17(18-14(21-10)4-3-5-16(18)24)19(25)20-9-12-6-7-13-15(8-12)23-11(2)22-13/h6-8,21H,3-5,9H2,1-2H3,(H,20,25)(H,22,23). The molecule has 6 nitrogen and oxygen atoms in total. The summed E-state index contributed by atoms with van der Waals surface area (Å²) in [5.74, 6) is 0.723. The second-order valence-electron chi connectivity index (χ2n) is 6.61. The minimum absolute atomic E-state index is 0.0603. The zero-order chi connectivity index (χ0) is 17.6. The van der Waals surface area contributed by atoms with Crippen LogP contribution in [0, 0.1) is 13.8 Å². The van der Waals surface area contributed by atoms with Crippen LogP contribution in [-0.2, 0) is 13.0 Å². The first-order valence-electron chi connectivity index (χ1n) is 8.51. The van der Waals surface area contributed by atoms with E-state index in [0.29, 0.717) is 24.1 Å². The van der Waals surface area contributed by atoms with Crippen LogP contribution in [0.3, 0.4) is 0 Å². The Morgan fingerprint density at radius 3 is 2.92 bits per heavy atom. The molecule has 3 aromatic rings. The van der Waals surface area contributed by atoms with Gasteiger partial charge in [0, 0.05) is 24.4 Å². The molecule has 0 spiro atoms. The highest BCUT2D eigenvalue weighted by Crippen LogP contribution is 2.26. The summed E-state index contributed by atoms with van der Waals surface area (Å²) >= 11 is 0. The molecule has 1 aromatic carbocycles. The molecule has 0 aliphatic heterocycles. The fourth-order valence-corrected chi connectivity index (χ4v) is 3.58. The molecule has 0 fully saturated rings. The van der Waals surface area contributed by atoms with Crippen molar-refractivity contribution < 1.29 is 9.59 Å². The minimum Gasteiger partial charge on any atom is -0.361 e. The molecule has 0 saturated heterocycles. The molecular weight excluding hydrogens is 316 g/mol. The van der Waals surface area contributed by atoms with Gasteiger partial charge in [-0.25, -0.2) is 4.98 Å². The van der Waals surface area contributed by atoms with Crippen molar-refractivity contribution in [3.05, 3.63) is 52.1 Å². The minimum atomic E-state index is -0.203. The van der Waals surface area contributed by atoms with Gasteiger partial charge in [0.05, 0.1) is 22.2 Å². The van der Waals surface area contributed by atoms with Crippen LogP contribution in [0.2, 0.25) is 0 Å². The van der Waals surface area contributed by atoms with E-state index in [4.69, 9.17) is 0 Å². The smallest absolute Gasteiger partial charge is 0.254 e. The molecule has 128 valence electrons. The van der Waals surface area contributed by atoms with E-state index in [2.05, 4.69) is 20.3 Å². The monoisotopic (exact) mass is 336 g/mol. The number of hydrogen-bond acceptors (Lipinski definition) is 3. The normalized spacial score (nSPS) is 13.9. The van der Waals surface area contributed by atoms with Gasteiger partial charge in [-0.1, -0.05) is 6.07 Å². The maximum absolute atomic E-state index is 12.7. The van der Waals surface area contributed by atoms with Gasteiger partial charge in [-0.2, -0.15) is 0 Å². The lowest BCUT2D eigenvalue weighted by atomic mass is 9.93. The van der Waals surface area contributed by atoms with Gasteiger partial charge in [0.25, 0.3) is 5.91 Å². The van der Waals surface area contributed by atoms with Gasteiger partial charge in [0.2, 0.25) is 0 Å². The van der Waals surface area contributed by atoms with E-state index in [1.807, 2.05) is 32.0 Å². The van der Waals surface area contributed by atoms with Crippen LogP contribution in [-0.4, -0.2) is 26.6 Å². The number of rotatable bonds is 3. The molecule has 4 rings (SSSR count). The number of H-pyrrole nitrogens is 2. The molecule has 3 N–H and O–H groups in total. The fourth-order valence-electron chi connectivity index (χ4n) is 3.58. The average molecular weight is 336 g/mol. The number of ketones is 1. The molecule has 6 heteroatoms. The van der Waals surface area contributed by atoms with Gasteiger partial charge in [-0.15, -0.1) is 0 Å². The zero-order valence-electron chi connectivity index (χ0n) is 14.3. The van der Waals surface area contributed by atoms with Crippen molar-refractivity contribution in [2.45, 2.75) is 39.7 Å². The molecule has 2 heterocycles. The molecule has 0 atom stereocenters. The molecule has 2 aromatic heterocycles. The van der Waals surface area contributed by atoms with Gasteiger partial charge < -0.3 is 15.3 Å². The first kappa shape index (κ1) is 15.6. The topological polar surface area (TPSA) is 90.6 Å². The highest BCUT2D eigenvalue weighted by atomic mass is 16.2. The molecule has 0 unspecified atom stereocenters. The number of nitrogens with zero attached hydrogens (tertiary/aromatic N) is 1. The van der Waals surface area contributed by atoms with Gasteiger partial charge in [0.15, 0.2) is 5.78 Å². The van der Waals surface area contributed by atoms with Crippen molar-refractivity contribution >= 4 is 22.7 Å². The van der Waals surface area contributed by atoms with E-state index in [1.54, 1.807) is 0 Å². The number of Topliss-reactive ketones (excluding diaryl/α,β-unsaturated/α-hetero) is 1. The first-order chi connectivity index (χ1) is 12.0. The van der Waals surface area contributed by atoms with Gasteiger partial charge >= 0.3 is 0 Å². The Morgan fingerprint density at radius 1 is 1.24 bits per heavy atom. The van der Waals surface area contributed by atoms with Gasteiger partial charge in [-0.3, -0.25) is 9.59 Å². The Kier molecular flexibility index (Phi) is 3.67. The highest BCUT2D eigenvalue weighted by Gasteiger charge is 2.28. The molecule has 0 saturated carbocycles.